The molecule has 0 spiro atoms. The van der Waals surface area contributed by atoms with E-state index in [1.54, 1.807) is 6.92 Å². The van der Waals surface area contributed by atoms with Crippen molar-refractivity contribution in [1.82, 2.24) is 10.5 Å². The first-order valence-corrected chi connectivity index (χ1v) is 8.24. The molecule has 1 rings (SSSR count). The molecule has 0 bridgehead atoms. The smallest absolute Gasteiger partial charge is 0.235 e. The van der Waals surface area contributed by atoms with Gasteiger partial charge in [-0.3, -0.25) is 9.52 Å². The van der Waals surface area contributed by atoms with Gasteiger partial charge < -0.3 is 9.84 Å². The van der Waals surface area contributed by atoms with Gasteiger partial charge in [0.1, 0.15) is 5.76 Å². The number of hydrogen-bond acceptors (Lipinski definition) is 5. The van der Waals surface area contributed by atoms with Crippen molar-refractivity contribution in [2.24, 2.45) is 5.92 Å². The normalized spacial score (nSPS) is 11.6. The Hall–Kier alpha value is -1.57. The minimum atomic E-state index is -3.54. The van der Waals surface area contributed by atoms with Crippen LogP contribution in [0.1, 0.15) is 32.4 Å². The SMILES string of the molecule is CCC(CC)C(=O)NCCS(=O)(=O)Nc1cc(C)on1. The molecule has 7 nitrogen and oxygen atoms in total. The first-order valence-electron chi connectivity index (χ1n) is 6.59. The van der Waals surface area contributed by atoms with Crippen LogP contribution in [0.25, 0.3) is 0 Å². The van der Waals surface area contributed by atoms with Crippen molar-refractivity contribution in [1.29, 1.82) is 0 Å². The highest BCUT2D eigenvalue weighted by Gasteiger charge is 2.16. The van der Waals surface area contributed by atoms with Crippen LogP contribution in [-0.4, -0.2) is 31.8 Å². The lowest BCUT2D eigenvalue weighted by Gasteiger charge is -2.12. The van der Waals surface area contributed by atoms with Crippen molar-refractivity contribution in [2.75, 3.05) is 17.0 Å². The number of rotatable bonds is 8. The van der Waals surface area contributed by atoms with E-state index in [-0.39, 0.29) is 29.9 Å². The average Bonchev–Trinajstić information content (AvgIpc) is 2.75. The number of carbonyl (C=O) groups excluding carboxylic acids is 1. The molecule has 0 saturated carbocycles. The van der Waals surface area contributed by atoms with E-state index in [1.165, 1.54) is 6.07 Å². The maximum absolute atomic E-state index is 11.8. The molecule has 0 aromatic carbocycles. The van der Waals surface area contributed by atoms with Crippen LogP contribution < -0.4 is 10.0 Å². The molecule has 1 heterocycles. The van der Waals surface area contributed by atoms with Gasteiger partial charge in [-0.1, -0.05) is 19.0 Å². The third-order valence-corrected chi connectivity index (χ3v) is 4.18. The van der Waals surface area contributed by atoms with Crippen LogP contribution in [-0.2, 0) is 14.8 Å². The summed E-state index contributed by atoms with van der Waals surface area (Å²) in [6, 6.07) is 1.49. The van der Waals surface area contributed by atoms with Gasteiger partial charge in [-0.2, -0.15) is 0 Å². The van der Waals surface area contributed by atoms with Crippen LogP contribution in [0.5, 0.6) is 0 Å². The molecule has 0 fully saturated rings. The van der Waals surface area contributed by atoms with E-state index in [1.807, 2.05) is 13.8 Å². The predicted octanol–water partition coefficient (Wildman–Crippen LogP) is 1.28. The highest BCUT2D eigenvalue weighted by Crippen LogP contribution is 2.09. The zero-order chi connectivity index (χ0) is 15.2. The Bertz CT molecular complexity index is 535. The van der Waals surface area contributed by atoms with Crippen molar-refractivity contribution < 1.29 is 17.7 Å². The van der Waals surface area contributed by atoms with Crippen LogP contribution >= 0.6 is 0 Å². The number of aryl methyl sites for hydroxylation is 1. The fourth-order valence-electron chi connectivity index (χ4n) is 1.74. The van der Waals surface area contributed by atoms with Gasteiger partial charge in [-0.05, 0) is 19.8 Å². The minimum absolute atomic E-state index is 0.0659. The van der Waals surface area contributed by atoms with Gasteiger partial charge in [0, 0.05) is 18.5 Å². The summed E-state index contributed by atoms with van der Waals surface area (Å²) in [6.07, 6.45) is 1.48. The minimum Gasteiger partial charge on any atom is -0.360 e. The topological polar surface area (TPSA) is 101 Å². The highest BCUT2D eigenvalue weighted by molar-refractivity contribution is 7.92. The molecule has 8 heteroatoms. The molecule has 1 aromatic rings. The number of nitrogens with zero attached hydrogens (tertiary/aromatic N) is 1. The molecule has 114 valence electrons. The van der Waals surface area contributed by atoms with Gasteiger partial charge in [0.25, 0.3) is 0 Å². The fraction of sp³-hybridized carbons (Fsp3) is 0.667. The van der Waals surface area contributed by atoms with Crippen molar-refractivity contribution in [3.8, 4) is 0 Å². The predicted molar refractivity (Wildman–Crippen MR) is 75.7 cm³/mol. The average molecular weight is 303 g/mol. The molecule has 0 aliphatic carbocycles. The Morgan fingerprint density at radius 3 is 2.55 bits per heavy atom. The molecule has 20 heavy (non-hydrogen) atoms. The van der Waals surface area contributed by atoms with Gasteiger partial charge in [-0.25, -0.2) is 8.42 Å². The Morgan fingerprint density at radius 1 is 1.40 bits per heavy atom. The highest BCUT2D eigenvalue weighted by atomic mass is 32.2. The Balaban J connectivity index is 2.42. The Kier molecular flexibility index (Phi) is 6.00. The van der Waals surface area contributed by atoms with Crippen LogP contribution in [0.2, 0.25) is 0 Å². The van der Waals surface area contributed by atoms with Gasteiger partial charge in [0.2, 0.25) is 15.9 Å². The van der Waals surface area contributed by atoms with Crippen molar-refractivity contribution in [2.45, 2.75) is 33.6 Å². The molecule has 0 radical (unpaired) electrons. The van der Waals surface area contributed by atoms with E-state index in [2.05, 4.69) is 15.2 Å². The van der Waals surface area contributed by atoms with Crippen LogP contribution in [0.15, 0.2) is 10.6 Å². The lowest BCUT2D eigenvalue weighted by Crippen LogP contribution is -2.35. The molecule has 0 unspecified atom stereocenters. The molecule has 0 saturated heterocycles. The van der Waals surface area contributed by atoms with E-state index >= 15 is 0 Å². The summed E-state index contributed by atoms with van der Waals surface area (Å²) in [7, 11) is -3.54. The Morgan fingerprint density at radius 2 is 2.05 bits per heavy atom. The van der Waals surface area contributed by atoms with Gasteiger partial charge in [0.05, 0.1) is 5.75 Å². The van der Waals surface area contributed by atoms with Gasteiger partial charge in [-0.15, -0.1) is 0 Å². The third kappa shape index (κ3) is 5.20. The van der Waals surface area contributed by atoms with E-state index in [9.17, 15) is 13.2 Å². The lowest BCUT2D eigenvalue weighted by molar-refractivity contribution is -0.125. The second kappa shape index (κ2) is 7.28. The molecule has 0 aliphatic heterocycles. The van der Waals surface area contributed by atoms with Crippen molar-refractivity contribution >= 4 is 21.7 Å². The van der Waals surface area contributed by atoms with Crippen LogP contribution in [0, 0.1) is 12.8 Å². The largest absolute Gasteiger partial charge is 0.360 e. The lowest BCUT2D eigenvalue weighted by atomic mass is 10.0. The molecule has 0 aliphatic rings. The molecule has 1 aromatic heterocycles. The molecular weight excluding hydrogens is 282 g/mol. The van der Waals surface area contributed by atoms with Gasteiger partial charge in [0.15, 0.2) is 5.82 Å². The second-order valence-corrected chi connectivity index (χ2v) is 6.39. The quantitative estimate of drug-likeness (QED) is 0.753. The zero-order valence-electron chi connectivity index (χ0n) is 12.0. The molecular formula is C12H21N3O4S. The van der Waals surface area contributed by atoms with E-state index in [4.69, 9.17) is 4.52 Å². The summed E-state index contributed by atoms with van der Waals surface area (Å²) in [5.74, 6) is 0.287. The van der Waals surface area contributed by atoms with Crippen molar-refractivity contribution in [3.63, 3.8) is 0 Å². The zero-order valence-corrected chi connectivity index (χ0v) is 12.8. The first-order chi connectivity index (χ1) is 9.38. The number of carbonyl (C=O) groups is 1. The summed E-state index contributed by atoms with van der Waals surface area (Å²) < 4.78 is 30.6. The standard InChI is InChI=1S/C12H21N3O4S/c1-4-10(5-2)12(16)13-6-7-20(17,18)15-11-8-9(3)19-14-11/h8,10H,4-7H2,1-3H3,(H,13,16)(H,14,15). The van der Waals surface area contributed by atoms with E-state index in [0.717, 1.165) is 12.8 Å². The summed E-state index contributed by atoms with van der Waals surface area (Å²) in [5.41, 5.74) is 0. The number of sulfonamides is 1. The molecule has 0 atom stereocenters. The molecule has 1 amide bonds. The number of nitrogens with one attached hydrogen (secondary N) is 2. The van der Waals surface area contributed by atoms with Crippen LogP contribution in [0.4, 0.5) is 5.82 Å². The maximum Gasteiger partial charge on any atom is 0.235 e. The number of amides is 1. The summed E-state index contributed by atoms with van der Waals surface area (Å²) in [5, 5.41) is 6.18. The summed E-state index contributed by atoms with van der Waals surface area (Å²) >= 11 is 0. The van der Waals surface area contributed by atoms with Crippen molar-refractivity contribution in [3.05, 3.63) is 11.8 Å². The first kappa shape index (κ1) is 16.5. The van der Waals surface area contributed by atoms with Crippen LogP contribution in [0.3, 0.4) is 0 Å². The molecule has 2 N–H and O–H groups in total. The number of anilines is 1. The third-order valence-electron chi connectivity index (χ3n) is 2.91. The second-order valence-electron chi connectivity index (χ2n) is 4.55. The monoisotopic (exact) mass is 303 g/mol. The summed E-state index contributed by atoms with van der Waals surface area (Å²) in [6.45, 7) is 5.60. The fourth-order valence-corrected chi connectivity index (χ4v) is 2.62. The maximum atomic E-state index is 11.8. The van der Waals surface area contributed by atoms with E-state index < -0.39 is 10.0 Å². The number of hydrogen-bond donors (Lipinski definition) is 2. The number of aromatic nitrogens is 1. The summed E-state index contributed by atoms with van der Waals surface area (Å²) in [4.78, 5) is 11.7. The van der Waals surface area contributed by atoms with Gasteiger partial charge >= 0.3 is 0 Å². The Labute approximate surface area is 119 Å². The van der Waals surface area contributed by atoms with E-state index in [0.29, 0.717) is 5.76 Å².